The maximum atomic E-state index is 4.69. The van der Waals surface area contributed by atoms with Crippen LogP contribution in [0.15, 0.2) is 48.7 Å². The van der Waals surface area contributed by atoms with E-state index in [1.807, 2.05) is 36.5 Å². The van der Waals surface area contributed by atoms with Crippen LogP contribution in [0.1, 0.15) is 25.6 Å². The lowest BCUT2D eigenvalue weighted by molar-refractivity contribution is 0.757. The fraction of sp³-hybridized carbons (Fsp3) is 0.200. The second-order valence-electron chi connectivity index (χ2n) is 4.64. The minimum Gasteiger partial charge on any atom is -0.281 e. The minimum absolute atomic E-state index is 0.361. The summed E-state index contributed by atoms with van der Waals surface area (Å²) in [4.78, 5) is 9.15. The van der Waals surface area contributed by atoms with E-state index in [2.05, 4.69) is 40.5 Å². The van der Waals surface area contributed by atoms with Crippen LogP contribution in [0.2, 0.25) is 0 Å². The number of para-hydroxylation sites is 1. The summed E-state index contributed by atoms with van der Waals surface area (Å²) >= 11 is 0. The second-order valence-corrected chi connectivity index (χ2v) is 4.64. The Labute approximate surface area is 106 Å². The van der Waals surface area contributed by atoms with Gasteiger partial charge >= 0.3 is 0 Å². The van der Waals surface area contributed by atoms with Crippen molar-refractivity contribution in [2.45, 2.75) is 19.8 Å². The number of fused-ring (bicyclic) bond motifs is 1. The molecule has 0 spiro atoms. The van der Waals surface area contributed by atoms with Gasteiger partial charge in [0.2, 0.25) is 0 Å². The third-order valence-corrected chi connectivity index (χ3v) is 2.97. The highest BCUT2D eigenvalue weighted by Crippen LogP contribution is 2.24. The summed E-state index contributed by atoms with van der Waals surface area (Å²) in [5, 5.41) is 0. The van der Waals surface area contributed by atoms with Crippen molar-refractivity contribution in [1.29, 1.82) is 0 Å². The molecule has 0 aliphatic rings. The first-order valence-electron chi connectivity index (χ1n) is 6.16. The van der Waals surface area contributed by atoms with Crippen LogP contribution >= 0.6 is 0 Å². The predicted molar refractivity (Wildman–Crippen MR) is 73.0 cm³/mol. The number of aromatic nitrogens is 3. The smallest absolute Gasteiger partial charge is 0.164 e. The molecule has 0 aliphatic heterocycles. The van der Waals surface area contributed by atoms with Gasteiger partial charge in [-0.25, -0.2) is 9.97 Å². The van der Waals surface area contributed by atoms with Gasteiger partial charge in [0.1, 0.15) is 11.3 Å². The zero-order valence-corrected chi connectivity index (χ0v) is 10.5. The van der Waals surface area contributed by atoms with Crippen molar-refractivity contribution < 1.29 is 0 Å². The molecule has 0 saturated heterocycles. The summed E-state index contributed by atoms with van der Waals surface area (Å²) in [6, 6.07) is 14.2. The number of pyridine rings is 1. The standard InChI is InChI=1S/C15H15N3/c1-11(2)14-17-13-9-6-10-16-15(13)18(14)12-7-4-3-5-8-12/h3-11H,1-2H3. The van der Waals surface area contributed by atoms with E-state index in [9.17, 15) is 0 Å². The van der Waals surface area contributed by atoms with Crippen molar-refractivity contribution in [2.24, 2.45) is 0 Å². The van der Waals surface area contributed by atoms with Crippen molar-refractivity contribution in [2.75, 3.05) is 0 Å². The molecule has 3 nitrogen and oxygen atoms in total. The molecular weight excluding hydrogens is 222 g/mol. The van der Waals surface area contributed by atoms with Crippen molar-refractivity contribution in [3.05, 3.63) is 54.5 Å². The maximum absolute atomic E-state index is 4.69. The highest BCUT2D eigenvalue weighted by atomic mass is 15.1. The number of hydrogen-bond acceptors (Lipinski definition) is 2. The van der Waals surface area contributed by atoms with Crippen LogP contribution in [0.3, 0.4) is 0 Å². The van der Waals surface area contributed by atoms with E-state index >= 15 is 0 Å². The molecule has 3 rings (SSSR count). The second kappa shape index (κ2) is 4.26. The Balaban J connectivity index is 2.35. The zero-order valence-electron chi connectivity index (χ0n) is 10.5. The molecule has 0 radical (unpaired) electrons. The van der Waals surface area contributed by atoms with Gasteiger partial charge in [-0.2, -0.15) is 0 Å². The number of nitrogens with zero attached hydrogens (tertiary/aromatic N) is 3. The average Bonchev–Trinajstić information content (AvgIpc) is 2.79. The summed E-state index contributed by atoms with van der Waals surface area (Å²) in [5.41, 5.74) is 2.99. The number of benzene rings is 1. The Bertz CT molecular complexity index is 669. The van der Waals surface area contributed by atoms with Gasteiger partial charge in [-0.3, -0.25) is 4.57 Å². The lowest BCUT2D eigenvalue weighted by Gasteiger charge is -2.10. The fourth-order valence-electron chi connectivity index (χ4n) is 2.15. The Kier molecular flexibility index (Phi) is 2.59. The largest absolute Gasteiger partial charge is 0.281 e. The summed E-state index contributed by atoms with van der Waals surface area (Å²) in [6.45, 7) is 4.31. The highest BCUT2D eigenvalue weighted by Gasteiger charge is 2.15. The molecule has 0 aliphatic carbocycles. The van der Waals surface area contributed by atoms with Gasteiger partial charge in [0, 0.05) is 17.8 Å². The van der Waals surface area contributed by atoms with Crippen molar-refractivity contribution in [3.63, 3.8) is 0 Å². The first kappa shape index (κ1) is 11.0. The van der Waals surface area contributed by atoms with E-state index in [0.717, 1.165) is 22.7 Å². The summed E-state index contributed by atoms with van der Waals surface area (Å²) in [7, 11) is 0. The van der Waals surface area contributed by atoms with E-state index < -0.39 is 0 Å². The lowest BCUT2D eigenvalue weighted by atomic mass is 10.2. The first-order valence-corrected chi connectivity index (χ1v) is 6.16. The molecule has 0 fully saturated rings. The maximum Gasteiger partial charge on any atom is 0.164 e. The SMILES string of the molecule is CC(C)c1nc2cccnc2n1-c1ccccc1. The van der Waals surface area contributed by atoms with E-state index in [4.69, 9.17) is 0 Å². The van der Waals surface area contributed by atoms with Crippen LogP contribution in [0, 0.1) is 0 Å². The molecule has 0 unspecified atom stereocenters. The molecule has 0 bridgehead atoms. The number of imidazole rings is 1. The lowest BCUT2D eigenvalue weighted by Crippen LogP contribution is -2.03. The summed E-state index contributed by atoms with van der Waals surface area (Å²) in [5.74, 6) is 1.41. The normalized spacial score (nSPS) is 11.3. The topological polar surface area (TPSA) is 30.7 Å². The molecule has 18 heavy (non-hydrogen) atoms. The molecule has 0 saturated carbocycles. The van der Waals surface area contributed by atoms with E-state index in [-0.39, 0.29) is 0 Å². The molecule has 0 amide bonds. The third-order valence-electron chi connectivity index (χ3n) is 2.97. The van der Waals surface area contributed by atoms with Crippen LogP contribution in [0.5, 0.6) is 0 Å². The van der Waals surface area contributed by atoms with Gasteiger partial charge in [0.25, 0.3) is 0 Å². The van der Waals surface area contributed by atoms with Gasteiger partial charge < -0.3 is 0 Å². The molecule has 2 aromatic heterocycles. The van der Waals surface area contributed by atoms with Gasteiger partial charge in [0.05, 0.1) is 0 Å². The molecule has 1 aromatic carbocycles. The Hall–Kier alpha value is -2.16. The van der Waals surface area contributed by atoms with E-state index in [0.29, 0.717) is 5.92 Å². The van der Waals surface area contributed by atoms with Gasteiger partial charge in [-0.05, 0) is 24.3 Å². The zero-order chi connectivity index (χ0) is 12.5. The molecular formula is C15H15N3. The van der Waals surface area contributed by atoms with Crippen molar-refractivity contribution in [3.8, 4) is 5.69 Å². The van der Waals surface area contributed by atoms with Crippen molar-refractivity contribution in [1.82, 2.24) is 14.5 Å². The van der Waals surface area contributed by atoms with Crippen LogP contribution in [-0.2, 0) is 0 Å². The quantitative estimate of drug-likeness (QED) is 0.682. The van der Waals surface area contributed by atoms with E-state index in [1.165, 1.54) is 0 Å². The molecule has 90 valence electrons. The third kappa shape index (κ3) is 1.68. The molecule has 0 atom stereocenters. The Morgan fingerprint density at radius 3 is 2.50 bits per heavy atom. The number of rotatable bonds is 2. The first-order chi connectivity index (χ1) is 8.77. The van der Waals surface area contributed by atoms with Crippen LogP contribution < -0.4 is 0 Å². The van der Waals surface area contributed by atoms with E-state index in [1.54, 1.807) is 0 Å². The number of hydrogen-bond donors (Lipinski definition) is 0. The highest BCUT2D eigenvalue weighted by molar-refractivity contribution is 5.73. The Morgan fingerprint density at radius 2 is 1.78 bits per heavy atom. The molecule has 0 N–H and O–H groups in total. The van der Waals surface area contributed by atoms with Crippen LogP contribution in [0.4, 0.5) is 0 Å². The molecule has 2 heterocycles. The van der Waals surface area contributed by atoms with Crippen LogP contribution in [-0.4, -0.2) is 14.5 Å². The molecule has 3 heteroatoms. The summed E-state index contributed by atoms with van der Waals surface area (Å²) in [6.07, 6.45) is 1.81. The average molecular weight is 237 g/mol. The predicted octanol–water partition coefficient (Wildman–Crippen LogP) is 3.54. The van der Waals surface area contributed by atoms with Gasteiger partial charge in [-0.1, -0.05) is 32.0 Å². The van der Waals surface area contributed by atoms with Gasteiger partial charge in [0.15, 0.2) is 5.65 Å². The van der Waals surface area contributed by atoms with Gasteiger partial charge in [-0.15, -0.1) is 0 Å². The summed E-state index contributed by atoms with van der Waals surface area (Å²) < 4.78 is 2.14. The minimum atomic E-state index is 0.361. The fourth-order valence-corrected chi connectivity index (χ4v) is 2.15. The monoisotopic (exact) mass is 237 g/mol. The Morgan fingerprint density at radius 1 is 1.00 bits per heavy atom. The molecule has 3 aromatic rings. The van der Waals surface area contributed by atoms with Crippen molar-refractivity contribution >= 4 is 11.2 Å². The van der Waals surface area contributed by atoms with Crippen LogP contribution in [0.25, 0.3) is 16.9 Å².